The highest BCUT2D eigenvalue weighted by atomic mass is 15.2. The van der Waals surface area contributed by atoms with Crippen LogP contribution in [0.15, 0.2) is 12.3 Å². The van der Waals surface area contributed by atoms with Gasteiger partial charge in [-0.3, -0.25) is 0 Å². The van der Waals surface area contributed by atoms with Crippen LogP contribution in [0.2, 0.25) is 0 Å². The molecule has 1 aromatic rings. The molecule has 1 fully saturated rings. The standard InChI is InChI=1S/C13H19N5/c1-2-15-10-11-4-7-18(8-5-11)13-16-6-3-12(9-14)17-13/h3,6,11,15H,2,4-5,7-8,10H2,1H3. The molecule has 2 heterocycles. The molecule has 96 valence electrons. The maximum absolute atomic E-state index is 8.83. The highest BCUT2D eigenvalue weighted by Gasteiger charge is 2.20. The van der Waals surface area contributed by atoms with Crippen LogP contribution in [0.4, 0.5) is 5.95 Å². The van der Waals surface area contributed by atoms with Crippen molar-refractivity contribution >= 4 is 5.95 Å². The maximum atomic E-state index is 8.83. The quantitative estimate of drug-likeness (QED) is 0.862. The molecule has 2 rings (SSSR count). The zero-order valence-electron chi connectivity index (χ0n) is 10.8. The van der Waals surface area contributed by atoms with Gasteiger partial charge in [0.1, 0.15) is 11.8 Å². The predicted molar refractivity (Wildman–Crippen MR) is 70.2 cm³/mol. The summed E-state index contributed by atoms with van der Waals surface area (Å²) in [7, 11) is 0. The number of hydrogen-bond acceptors (Lipinski definition) is 5. The third-order valence-electron chi connectivity index (χ3n) is 3.34. The van der Waals surface area contributed by atoms with Crippen molar-refractivity contribution in [2.24, 2.45) is 5.92 Å². The lowest BCUT2D eigenvalue weighted by Gasteiger charge is -2.32. The predicted octanol–water partition coefficient (Wildman–Crippen LogP) is 1.17. The molecule has 0 spiro atoms. The average Bonchev–Trinajstić information content (AvgIpc) is 2.46. The van der Waals surface area contributed by atoms with Crippen molar-refractivity contribution in [3.63, 3.8) is 0 Å². The molecule has 1 aliphatic rings. The average molecular weight is 245 g/mol. The van der Waals surface area contributed by atoms with Gasteiger partial charge in [-0.1, -0.05) is 6.92 Å². The van der Waals surface area contributed by atoms with Gasteiger partial charge in [0, 0.05) is 19.3 Å². The van der Waals surface area contributed by atoms with Gasteiger partial charge in [-0.25, -0.2) is 9.97 Å². The van der Waals surface area contributed by atoms with Crippen LogP contribution in [0.5, 0.6) is 0 Å². The van der Waals surface area contributed by atoms with E-state index in [-0.39, 0.29) is 0 Å². The fourth-order valence-corrected chi connectivity index (χ4v) is 2.25. The summed E-state index contributed by atoms with van der Waals surface area (Å²) < 4.78 is 0. The summed E-state index contributed by atoms with van der Waals surface area (Å²) in [6.07, 6.45) is 3.98. The van der Waals surface area contributed by atoms with E-state index in [0.717, 1.165) is 44.9 Å². The summed E-state index contributed by atoms with van der Waals surface area (Å²) in [5.74, 6) is 1.44. The van der Waals surface area contributed by atoms with Crippen molar-refractivity contribution in [2.45, 2.75) is 19.8 Å². The number of nitriles is 1. The molecule has 0 radical (unpaired) electrons. The number of piperidine rings is 1. The van der Waals surface area contributed by atoms with E-state index in [0.29, 0.717) is 11.6 Å². The van der Waals surface area contributed by atoms with E-state index in [4.69, 9.17) is 5.26 Å². The van der Waals surface area contributed by atoms with Gasteiger partial charge in [0.15, 0.2) is 0 Å². The second-order valence-electron chi connectivity index (χ2n) is 4.59. The zero-order chi connectivity index (χ0) is 12.8. The Morgan fingerprint density at radius 3 is 2.94 bits per heavy atom. The Bertz CT molecular complexity index is 418. The Morgan fingerprint density at radius 1 is 1.50 bits per heavy atom. The second kappa shape index (κ2) is 6.31. The molecule has 1 saturated heterocycles. The zero-order valence-corrected chi connectivity index (χ0v) is 10.8. The smallest absolute Gasteiger partial charge is 0.226 e. The number of nitrogens with one attached hydrogen (secondary N) is 1. The Kier molecular flexibility index (Phi) is 4.48. The first-order valence-corrected chi connectivity index (χ1v) is 6.52. The first-order chi connectivity index (χ1) is 8.83. The van der Waals surface area contributed by atoms with Gasteiger partial charge in [0.05, 0.1) is 0 Å². The lowest BCUT2D eigenvalue weighted by Crippen LogP contribution is -2.38. The molecule has 5 heteroatoms. The molecule has 5 nitrogen and oxygen atoms in total. The summed E-state index contributed by atoms with van der Waals surface area (Å²) in [6, 6.07) is 3.70. The number of nitrogens with zero attached hydrogens (tertiary/aromatic N) is 4. The summed E-state index contributed by atoms with van der Waals surface area (Å²) in [5, 5.41) is 12.2. The van der Waals surface area contributed by atoms with Crippen LogP contribution in [-0.2, 0) is 0 Å². The third kappa shape index (κ3) is 3.17. The Hall–Kier alpha value is -1.67. The molecule has 0 bridgehead atoms. The van der Waals surface area contributed by atoms with Crippen LogP contribution in [0.1, 0.15) is 25.5 Å². The van der Waals surface area contributed by atoms with E-state index in [1.54, 1.807) is 12.3 Å². The SMILES string of the molecule is CCNCC1CCN(c2nccc(C#N)n2)CC1. The molecule has 1 N–H and O–H groups in total. The fourth-order valence-electron chi connectivity index (χ4n) is 2.25. The molecule has 1 aromatic heterocycles. The highest BCUT2D eigenvalue weighted by Crippen LogP contribution is 2.19. The molecule has 1 aliphatic heterocycles. The van der Waals surface area contributed by atoms with Gasteiger partial charge in [-0.15, -0.1) is 0 Å². The molecule has 0 atom stereocenters. The summed E-state index contributed by atoms with van der Waals surface area (Å²) in [6.45, 7) is 6.23. The summed E-state index contributed by atoms with van der Waals surface area (Å²) >= 11 is 0. The lowest BCUT2D eigenvalue weighted by atomic mass is 9.97. The highest BCUT2D eigenvalue weighted by molar-refractivity contribution is 5.34. The summed E-state index contributed by atoms with van der Waals surface area (Å²) in [5.41, 5.74) is 0.440. The first-order valence-electron chi connectivity index (χ1n) is 6.52. The minimum atomic E-state index is 0.440. The molecule has 0 unspecified atom stereocenters. The van der Waals surface area contributed by atoms with Crippen LogP contribution in [-0.4, -0.2) is 36.1 Å². The number of hydrogen-bond donors (Lipinski definition) is 1. The van der Waals surface area contributed by atoms with Crippen LogP contribution in [0.3, 0.4) is 0 Å². The molecule has 0 amide bonds. The molecule has 0 aliphatic carbocycles. The lowest BCUT2D eigenvalue weighted by molar-refractivity contribution is 0.384. The van der Waals surface area contributed by atoms with E-state index in [9.17, 15) is 0 Å². The van der Waals surface area contributed by atoms with Crippen LogP contribution in [0.25, 0.3) is 0 Å². The summed E-state index contributed by atoms with van der Waals surface area (Å²) in [4.78, 5) is 10.7. The van der Waals surface area contributed by atoms with Crippen LogP contribution >= 0.6 is 0 Å². The van der Waals surface area contributed by atoms with Crippen molar-refractivity contribution < 1.29 is 0 Å². The van der Waals surface area contributed by atoms with Crippen molar-refractivity contribution in [2.75, 3.05) is 31.1 Å². The van der Waals surface area contributed by atoms with E-state index in [1.807, 2.05) is 0 Å². The topological polar surface area (TPSA) is 64.8 Å². The van der Waals surface area contributed by atoms with Gasteiger partial charge in [0.2, 0.25) is 5.95 Å². The number of aromatic nitrogens is 2. The first kappa shape index (κ1) is 12.8. The van der Waals surface area contributed by atoms with Gasteiger partial charge in [0.25, 0.3) is 0 Å². The molecular formula is C13H19N5. The molecule has 0 saturated carbocycles. The van der Waals surface area contributed by atoms with Gasteiger partial charge in [-0.2, -0.15) is 5.26 Å². The van der Waals surface area contributed by atoms with E-state index < -0.39 is 0 Å². The fraction of sp³-hybridized carbons (Fsp3) is 0.615. The Labute approximate surface area is 108 Å². The monoisotopic (exact) mass is 245 g/mol. The van der Waals surface area contributed by atoms with Crippen LogP contribution < -0.4 is 10.2 Å². The van der Waals surface area contributed by atoms with Crippen LogP contribution in [0, 0.1) is 17.2 Å². The normalized spacial score (nSPS) is 16.6. The third-order valence-corrected chi connectivity index (χ3v) is 3.34. The number of rotatable bonds is 4. The maximum Gasteiger partial charge on any atom is 0.226 e. The largest absolute Gasteiger partial charge is 0.341 e. The van der Waals surface area contributed by atoms with E-state index >= 15 is 0 Å². The Morgan fingerprint density at radius 2 is 2.28 bits per heavy atom. The Balaban J connectivity index is 1.91. The minimum absolute atomic E-state index is 0.440. The van der Waals surface area contributed by atoms with Gasteiger partial charge < -0.3 is 10.2 Å². The van der Waals surface area contributed by atoms with Crippen molar-refractivity contribution in [1.29, 1.82) is 5.26 Å². The van der Waals surface area contributed by atoms with Gasteiger partial charge >= 0.3 is 0 Å². The van der Waals surface area contributed by atoms with Gasteiger partial charge in [-0.05, 0) is 37.9 Å². The second-order valence-corrected chi connectivity index (χ2v) is 4.59. The van der Waals surface area contributed by atoms with E-state index in [2.05, 4.69) is 33.2 Å². The molecule has 0 aromatic carbocycles. The van der Waals surface area contributed by atoms with Crippen molar-refractivity contribution in [1.82, 2.24) is 15.3 Å². The number of anilines is 1. The van der Waals surface area contributed by atoms with E-state index in [1.165, 1.54) is 0 Å². The van der Waals surface area contributed by atoms with Crippen molar-refractivity contribution in [3.8, 4) is 6.07 Å². The van der Waals surface area contributed by atoms with Crippen molar-refractivity contribution in [3.05, 3.63) is 18.0 Å². The molecule has 18 heavy (non-hydrogen) atoms. The minimum Gasteiger partial charge on any atom is -0.341 e. The molecular weight excluding hydrogens is 226 g/mol.